The minimum atomic E-state index is 0. The summed E-state index contributed by atoms with van der Waals surface area (Å²) >= 11 is 0. The molecular weight excluding hydrogens is 728 g/mol. The van der Waals surface area contributed by atoms with Crippen molar-refractivity contribution in [1.29, 1.82) is 10.5 Å². The molecule has 0 aliphatic heterocycles. The fourth-order valence-corrected chi connectivity index (χ4v) is 5.41. The van der Waals surface area contributed by atoms with E-state index in [0.29, 0.717) is 39.4 Å². The maximum Gasteiger partial charge on any atom is 2.00 e. The summed E-state index contributed by atoms with van der Waals surface area (Å²) in [6.45, 7) is 4.03. The predicted octanol–water partition coefficient (Wildman–Crippen LogP) is 7.78. The van der Waals surface area contributed by atoms with Gasteiger partial charge in [-0.25, -0.2) is 4.98 Å². The van der Waals surface area contributed by atoms with Gasteiger partial charge in [0.15, 0.2) is 0 Å². The van der Waals surface area contributed by atoms with Crippen molar-refractivity contribution in [3.05, 3.63) is 132 Å². The van der Waals surface area contributed by atoms with E-state index in [1.54, 1.807) is 35.3 Å². The Labute approximate surface area is 268 Å². The Bertz CT molecular complexity index is 2250. The SMILES string of the molecule is Cc1cc(Oc2[c-]c3c(cc2)c2ccccc2n3-c2cc(C)ccn2)[c-]c(-n2cc(-c3c(C#N)cccc3C#N)cn2)c1.[Pt+2]. The summed E-state index contributed by atoms with van der Waals surface area (Å²) in [7, 11) is 0. The van der Waals surface area contributed by atoms with Crippen LogP contribution >= 0.6 is 0 Å². The Kier molecular flexibility index (Phi) is 7.58. The van der Waals surface area contributed by atoms with Crippen molar-refractivity contribution in [2.45, 2.75) is 13.8 Å². The van der Waals surface area contributed by atoms with Crippen molar-refractivity contribution in [3.8, 4) is 46.3 Å². The van der Waals surface area contributed by atoms with Gasteiger partial charge in [-0.3, -0.25) is 4.68 Å². The molecule has 0 fully saturated rings. The largest absolute Gasteiger partial charge is 2.00 e. The van der Waals surface area contributed by atoms with E-state index in [4.69, 9.17) is 4.74 Å². The van der Waals surface area contributed by atoms with Crippen LogP contribution in [0.25, 0.3) is 44.4 Å². The van der Waals surface area contributed by atoms with Crippen molar-refractivity contribution in [2.75, 3.05) is 0 Å². The molecule has 7 aromatic rings. The van der Waals surface area contributed by atoms with E-state index in [9.17, 15) is 10.5 Å². The van der Waals surface area contributed by atoms with Gasteiger partial charge in [0.05, 0.1) is 29.5 Å². The molecule has 0 radical (unpaired) electrons. The van der Waals surface area contributed by atoms with Gasteiger partial charge in [0, 0.05) is 40.5 Å². The van der Waals surface area contributed by atoms with E-state index < -0.39 is 0 Å². The zero-order valence-electron chi connectivity index (χ0n) is 23.6. The minimum Gasteiger partial charge on any atom is -0.509 e. The van der Waals surface area contributed by atoms with Crippen molar-refractivity contribution in [2.24, 2.45) is 0 Å². The van der Waals surface area contributed by atoms with Crippen LogP contribution in [0.15, 0.2) is 97.5 Å². The number of hydrogen-bond donors (Lipinski definition) is 0. The Balaban J connectivity index is 0.00000343. The van der Waals surface area contributed by atoms with Crippen LogP contribution in [0.5, 0.6) is 11.5 Å². The van der Waals surface area contributed by atoms with E-state index in [1.165, 1.54) is 0 Å². The van der Waals surface area contributed by atoms with Gasteiger partial charge >= 0.3 is 21.1 Å². The first-order valence-corrected chi connectivity index (χ1v) is 13.6. The first kappa shape index (κ1) is 28.6. The molecule has 0 aliphatic carbocycles. The Morgan fingerprint density at radius 2 is 1.59 bits per heavy atom. The molecule has 0 bridgehead atoms. The molecule has 4 aromatic carbocycles. The number of aromatic nitrogens is 4. The Morgan fingerprint density at radius 1 is 0.795 bits per heavy atom. The second-order valence-electron chi connectivity index (χ2n) is 10.3. The van der Waals surface area contributed by atoms with Gasteiger partial charge in [0.2, 0.25) is 0 Å². The normalized spacial score (nSPS) is 10.7. The monoisotopic (exact) mass is 749 g/mol. The Hall–Kier alpha value is -5.49. The van der Waals surface area contributed by atoms with Crippen LogP contribution in [0.2, 0.25) is 0 Å². The van der Waals surface area contributed by atoms with E-state index in [-0.39, 0.29) is 21.1 Å². The maximum atomic E-state index is 9.62. The first-order valence-electron chi connectivity index (χ1n) is 13.6. The number of aryl methyl sites for hydroxylation is 2. The van der Waals surface area contributed by atoms with Gasteiger partial charge in [0.25, 0.3) is 0 Å². The molecule has 0 N–H and O–H groups in total. The third kappa shape index (κ3) is 5.05. The van der Waals surface area contributed by atoms with Crippen molar-refractivity contribution in [1.82, 2.24) is 19.3 Å². The molecule has 0 unspecified atom stereocenters. The molecule has 3 aromatic heterocycles. The van der Waals surface area contributed by atoms with Gasteiger partial charge in [-0.15, -0.1) is 35.7 Å². The zero-order chi connectivity index (χ0) is 29.5. The van der Waals surface area contributed by atoms with Gasteiger partial charge in [0.1, 0.15) is 5.82 Å². The number of fused-ring (bicyclic) bond motifs is 3. The second-order valence-corrected chi connectivity index (χ2v) is 10.3. The zero-order valence-corrected chi connectivity index (χ0v) is 25.9. The fourth-order valence-electron chi connectivity index (χ4n) is 5.41. The molecule has 0 saturated carbocycles. The van der Waals surface area contributed by atoms with Crippen molar-refractivity contribution in [3.63, 3.8) is 0 Å². The Morgan fingerprint density at radius 3 is 2.36 bits per heavy atom. The molecule has 0 spiro atoms. The van der Waals surface area contributed by atoms with Crippen LogP contribution in [0.1, 0.15) is 22.3 Å². The molecular formula is C36H22N6OPt. The van der Waals surface area contributed by atoms with Crippen molar-refractivity contribution < 1.29 is 25.8 Å². The summed E-state index contributed by atoms with van der Waals surface area (Å²) in [5, 5.41) is 25.9. The summed E-state index contributed by atoms with van der Waals surface area (Å²) in [5.41, 5.74) is 6.70. The fraction of sp³-hybridized carbons (Fsp3) is 0.0556. The number of rotatable bonds is 5. The minimum absolute atomic E-state index is 0. The summed E-state index contributed by atoms with van der Waals surface area (Å²) in [6.07, 6.45) is 5.25. The third-order valence-electron chi connectivity index (χ3n) is 7.30. The topological polar surface area (TPSA) is 92.5 Å². The summed E-state index contributed by atoms with van der Waals surface area (Å²) in [5.74, 6) is 1.87. The summed E-state index contributed by atoms with van der Waals surface area (Å²) in [4.78, 5) is 4.65. The number of para-hydroxylation sites is 1. The van der Waals surface area contributed by atoms with Crippen molar-refractivity contribution >= 4 is 21.8 Å². The van der Waals surface area contributed by atoms with Gasteiger partial charge in [-0.1, -0.05) is 36.7 Å². The predicted molar refractivity (Wildman–Crippen MR) is 164 cm³/mol. The smallest absolute Gasteiger partial charge is 0.509 e. The summed E-state index contributed by atoms with van der Waals surface area (Å²) < 4.78 is 10.1. The number of ether oxygens (including phenoxy) is 1. The molecule has 8 heteroatoms. The van der Waals surface area contributed by atoms with Crippen LogP contribution in [0, 0.1) is 48.6 Å². The quantitative estimate of drug-likeness (QED) is 0.168. The van der Waals surface area contributed by atoms with E-state index in [0.717, 1.165) is 38.8 Å². The van der Waals surface area contributed by atoms with Gasteiger partial charge in [-0.05, 0) is 53.9 Å². The number of nitrogens with zero attached hydrogens (tertiary/aromatic N) is 6. The van der Waals surface area contributed by atoms with Crippen LogP contribution in [-0.2, 0) is 21.1 Å². The summed E-state index contributed by atoms with van der Waals surface area (Å²) in [6, 6.07) is 36.3. The average molecular weight is 750 g/mol. The average Bonchev–Trinajstić information content (AvgIpc) is 3.63. The second kappa shape index (κ2) is 11.6. The molecule has 0 saturated heterocycles. The maximum absolute atomic E-state index is 9.62. The van der Waals surface area contributed by atoms with Crippen LogP contribution in [0.3, 0.4) is 0 Å². The molecule has 0 amide bonds. The van der Waals surface area contributed by atoms with Gasteiger partial charge in [-0.2, -0.15) is 27.3 Å². The van der Waals surface area contributed by atoms with E-state index >= 15 is 0 Å². The molecule has 44 heavy (non-hydrogen) atoms. The van der Waals surface area contributed by atoms with Gasteiger partial charge < -0.3 is 9.30 Å². The third-order valence-corrected chi connectivity index (χ3v) is 7.30. The molecule has 0 atom stereocenters. The number of pyridine rings is 1. The van der Waals surface area contributed by atoms with Crippen LogP contribution in [-0.4, -0.2) is 19.3 Å². The molecule has 212 valence electrons. The van der Waals surface area contributed by atoms with Crippen LogP contribution in [0.4, 0.5) is 0 Å². The molecule has 7 nitrogen and oxygen atoms in total. The van der Waals surface area contributed by atoms with E-state index in [2.05, 4.69) is 64.0 Å². The number of benzene rings is 4. The standard InChI is InChI=1S/C36H22N6O.Pt/c1-23-12-13-39-35(16-23)42-33-9-4-3-8-31(33)32-11-10-29(18-34(32)42)43-30-15-24(2)14-28(17-30)41-22-27(21-40-41)36-25(19-37)6-5-7-26(36)20-38;/h3-16,21-22H,1-2H3;/q-2;+2. The molecule has 0 aliphatic rings. The number of hydrogen-bond acceptors (Lipinski definition) is 5. The molecule has 7 rings (SSSR count). The number of nitriles is 2. The van der Waals surface area contributed by atoms with Crippen LogP contribution < -0.4 is 4.74 Å². The van der Waals surface area contributed by atoms with E-state index in [1.807, 2.05) is 55.6 Å². The first-order chi connectivity index (χ1) is 21.0. The molecule has 3 heterocycles.